The monoisotopic (exact) mass is 386 g/mol. The number of H-pyrrole nitrogens is 1. The molecule has 0 aliphatic heterocycles. The molecule has 0 spiro atoms. The van der Waals surface area contributed by atoms with Crippen LogP contribution < -0.4 is 4.74 Å². The van der Waals surface area contributed by atoms with Crippen molar-refractivity contribution in [3.8, 4) is 5.75 Å². The van der Waals surface area contributed by atoms with E-state index in [4.69, 9.17) is 4.74 Å². The minimum atomic E-state index is -2.06. The number of halogens is 1. The molecule has 0 saturated heterocycles. The minimum Gasteiger partial charge on any atom is -0.496 e. The highest BCUT2D eigenvalue weighted by molar-refractivity contribution is 5.81. The van der Waals surface area contributed by atoms with E-state index in [0.29, 0.717) is 17.0 Å². The summed E-state index contributed by atoms with van der Waals surface area (Å²) < 4.78 is 19.1. The van der Waals surface area contributed by atoms with Gasteiger partial charge in [0.2, 0.25) is 0 Å². The number of rotatable bonds is 7. The molecule has 6 nitrogen and oxygen atoms in total. The first-order valence-corrected chi connectivity index (χ1v) is 8.86. The topological polar surface area (TPSA) is 95.4 Å². The molecule has 28 heavy (non-hydrogen) atoms. The van der Waals surface area contributed by atoms with Gasteiger partial charge < -0.3 is 19.9 Å². The van der Waals surface area contributed by atoms with Crippen LogP contribution in [0.4, 0.5) is 4.39 Å². The molecule has 0 bridgehead atoms. The average Bonchev–Trinajstić information content (AvgIpc) is 3.02. The zero-order valence-electron chi connectivity index (χ0n) is 16.0. The number of hydrogen-bond acceptors (Lipinski definition) is 4. The molecule has 1 atom stereocenters. The molecule has 148 valence electrons. The van der Waals surface area contributed by atoms with E-state index in [1.807, 2.05) is 0 Å². The van der Waals surface area contributed by atoms with Crippen LogP contribution in [0.2, 0.25) is 0 Å². The zero-order valence-corrected chi connectivity index (χ0v) is 16.0. The van der Waals surface area contributed by atoms with Crippen molar-refractivity contribution in [2.45, 2.75) is 37.7 Å². The maximum atomic E-state index is 13.8. The van der Waals surface area contributed by atoms with Gasteiger partial charge in [0.25, 0.3) is 0 Å². The number of benzene rings is 1. The Balaban J connectivity index is 1.95. The number of nitrogens with one attached hydrogen (secondary N) is 1. The Morgan fingerprint density at radius 2 is 2.04 bits per heavy atom. The van der Waals surface area contributed by atoms with Crippen LogP contribution in [0, 0.1) is 5.82 Å². The molecule has 3 aromatic rings. The van der Waals surface area contributed by atoms with Crippen molar-refractivity contribution in [3.63, 3.8) is 0 Å². The van der Waals surface area contributed by atoms with Crippen molar-refractivity contribution in [1.82, 2.24) is 9.97 Å². The SMILES string of the molecule is COc1ccc(F)cc1C(C)(C)CC(O)(Cc1cc2ccncc2[nH]1)C(=O)O. The first-order valence-electron chi connectivity index (χ1n) is 8.86. The summed E-state index contributed by atoms with van der Waals surface area (Å²) in [4.78, 5) is 19.1. The molecule has 0 saturated carbocycles. The predicted octanol–water partition coefficient (Wildman–Crippen LogP) is 3.44. The average molecular weight is 386 g/mol. The van der Waals surface area contributed by atoms with Gasteiger partial charge in [0.05, 0.1) is 18.8 Å². The van der Waals surface area contributed by atoms with Gasteiger partial charge in [-0.05, 0) is 42.2 Å². The number of aromatic amines is 1. The molecular formula is C21H23FN2O4. The number of aliphatic hydroxyl groups is 1. The lowest BCUT2D eigenvalue weighted by Crippen LogP contribution is -2.46. The maximum Gasteiger partial charge on any atom is 0.336 e. The van der Waals surface area contributed by atoms with E-state index >= 15 is 0 Å². The molecule has 1 unspecified atom stereocenters. The van der Waals surface area contributed by atoms with Gasteiger partial charge >= 0.3 is 5.97 Å². The highest BCUT2D eigenvalue weighted by atomic mass is 19.1. The van der Waals surface area contributed by atoms with E-state index in [0.717, 1.165) is 10.9 Å². The molecule has 0 aliphatic carbocycles. The lowest BCUT2D eigenvalue weighted by molar-refractivity contribution is -0.160. The van der Waals surface area contributed by atoms with Crippen molar-refractivity contribution < 1.29 is 24.1 Å². The molecule has 7 heteroatoms. The molecule has 1 aromatic carbocycles. The van der Waals surface area contributed by atoms with Crippen LogP contribution in [0.15, 0.2) is 42.7 Å². The number of carbonyl (C=O) groups is 1. The Kier molecular flexibility index (Phi) is 5.12. The molecule has 0 fully saturated rings. The Hall–Kier alpha value is -2.93. The minimum absolute atomic E-state index is 0.127. The summed E-state index contributed by atoms with van der Waals surface area (Å²) in [5.74, 6) is -1.35. The fourth-order valence-corrected chi connectivity index (χ4v) is 3.69. The summed E-state index contributed by atoms with van der Waals surface area (Å²) in [5, 5.41) is 21.7. The Labute approximate surface area is 162 Å². The van der Waals surface area contributed by atoms with Gasteiger partial charge in [-0.1, -0.05) is 13.8 Å². The van der Waals surface area contributed by atoms with E-state index < -0.39 is 22.8 Å². The first-order chi connectivity index (χ1) is 13.1. The highest BCUT2D eigenvalue weighted by Crippen LogP contribution is 2.39. The molecule has 0 radical (unpaired) electrons. The molecule has 2 aromatic heterocycles. The first kappa shape index (κ1) is 19.8. The summed E-state index contributed by atoms with van der Waals surface area (Å²) in [5.41, 5.74) is -1.09. The Morgan fingerprint density at radius 3 is 2.68 bits per heavy atom. The number of pyridine rings is 1. The second kappa shape index (κ2) is 7.24. The van der Waals surface area contributed by atoms with Crippen LogP contribution in [0.5, 0.6) is 5.75 Å². The van der Waals surface area contributed by atoms with Crippen LogP contribution in [0.3, 0.4) is 0 Å². The van der Waals surface area contributed by atoms with Gasteiger partial charge in [0.15, 0.2) is 5.60 Å². The van der Waals surface area contributed by atoms with Crippen LogP contribution >= 0.6 is 0 Å². The third-order valence-electron chi connectivity index (χ3n) is 4.99. The Morgan fingerprint density at radius 1 is 1.29 bits per heavy atom. The lowest BCUT2D eigenvalue weighted by Gasteiger charge is -2.34. The van der Waals surface area contributed by atoms with Gasteiger partial charge in [-0.2, -0.15) is 0 Å². The number of methoxy groups -OCH3 is 1. The quantitative estimate of drug-likeness (QED) is 0.578. The predicted molar refractivity (Wildman–Crippen MR) is 103 cm³/mol. The molecule has 2 heterocycles. The third kappa shape index (κ3) is 3.84. The van der Waals surface area contributed by atoms with Crippen molar-refractivity contribution in [2.24, 2.45) is 0 Å². The van der Waals surface area contributed by atoms with E-state index in [1.54, 1.807) is 38.4 Å². The molecule has 0 aliphatic rings. The number of ether oxygens (including phenoxy) is 1. The van der Waals surface area contributed by atoms with Crippen LogP contribution in [0.25, 0.3) is 10.9 Å². The van der Waals surface area contributed by atoms with Crippen molar-refractivity contribution in [1.29, 1.82) is 0 Å². The summed E-state index contributed by atoms with van der Waals surface area (Å²) in [6, 6.07) is 7.68. The number of fused-ring (bicyclic) bond motifs is 1. The third-order valence-corrected chi connectivity index (χ3v) is 4.99. The maximum absolute atomic E-state index is 13.8. The standard InChI is InChI=1S/C21H23FN2O4/c1-20(2,16-9-14(22)4-5-18(16)28-3)12-21(27,19(25)26)10-15-8-13-6-7-23-11-17(13)24-15/h4-9,11,24,27H,10,12H2,1-3H3,(H,25,26). The number of carboxylic acids is 1. The van der Waals surface area contributed by atoms with Crippen LogP contribution in [0.1, 0.15) is 31.5 Å². The van der Waals surface area contributed by atoms with Crippen molar-refractivity contribution in [3.05, 3.63) is 59.8 Å². The number of carboxylic acid groups (broad SMARTS) is 1. The van der Waals surface area contributed by atoms with Gasteiger partial charge in [-0.15, -0.1) is 0 Å². The second-order valence-electron chi connectivity index (χ2n) is 7.68. The zero-order chi connectivity index (χ0) is 20.5. The van der Waals surface area contributed by atoms with Gasteiger partial charge in [-0.3, -0.25) is 4.98 Å². The number of aliphatic carboxylic acids is 1. The second-order valence-corrected chi connectivity index (χ2v) is 7.68. The van der Waals surface area contributed by atoms with Gasteiger partial charge in [0.1, 0.15) is 11.6 Å². The molecular weight excluding hydrogens is 363 g/mol. The highest BCUT2D eigenvalue weighted by Gasteiger charge is 2.43. The fourth-order valence-electron chi connectivity index (χ4n) is 3.69. The van der Waals surface area contributed by atoms with Crippen molar-refractivity contribution >= 4 is 16.9 Å². The fraction of sp³-hybridized carbons (Fsp3) is 0.333. The number of hydrogen-bond donors (Lipinski definition) is 3. The number of nitrogens with zero attached hydrogens (tertiary/aromatic N) is 1. The molecule has 3 N–H and O–H groups in total. The van der Waals surface area contributed by atoms with E-state index in [9.17, 15) is 19.4 Å². The van der Waals surface area contributed by atoms with Crippen LogP contribution in [-0.2, 0) is 16.6 Å². The van der Waals surface area contributed by atoms with E-state index in [-0.39, 0.29) is 12.8 Å². The summed E-state index contributed by atoms with van der Waals surface area (Å²) in [6.45, 7) is 3.51. The normalized spacial score (nSPS) is 14.0. The largest absolute Gasteiger partial charge is 0.496 e. The molecule has 3 rings (SSSR count). The lowest BCUT2D eigenvalue weighted by atomic mass is 9.73. The summed E-state index contributed by atoms with van der Waals surface area (Å²) in [6.07, 6.45) is 3.02. The summed E-state index contributed by atoms with van der Waals surface area (Å²) >= 11 is 0. The summed E-state index contributed by atoms with van der Waals surface area (Å²) in [7, 11) is 1.47. The van der Waals surface area contributed by atoms with Crippen molar-refractivity contribution in [2.75, 3.05) is 7.11 Å². The van der Waals surface area contributed by atoms with E-state index in [1.165, 1.54) is 25.3 Å². The van der Waals surface area contributed by atoms with Crippen LogP contribution in [-0.4, -0.2) is 38.9 Å². The smallest absolute Gasteiger partial charge is 0.336 e. The number of aromatic nitrogens is 2. The van der Waals surface area contributed by atoms with Gasteiger partial charge in [-0.25, -0.2) is 9.18 Å². The Bertz CT molecular complexity index is 982. The molecule has 0 amide bonds. The van der Waals surface area contributed by atoms with Gasteiger partial charge in [0, 0.05) is 29.3 Å². The van der Waals surface area contributed by atoms with E-state index in [2.05, 4.69) is 9.97 Å².